The molecule has 10 heteroatoms. The van der Waals surface area contributed by atoms with Crippen molar-refractivity contribution in [3.8, 4) is 17.2 Å². The molecule has 34 heavy (non-hydrogen) atoms. The van der Waals surface area contributed by atoms with Crippen molar-refractivity contribution in [2.75, 3.05) is 24.9 Å². The fourth-order valence-corrected chi connectivity index (χ4v) is 6.46. The summed E-state index contributed by atoms with van der Waals surface area (Å²) >= 11 is 0. The van der Waals surface area contributed by atoms with Crippen LogP contribution in [0.3, 0.4) is 0 Å². The smallest absolute Gasteiger partial charge is 0.261 e. The molecule has 8 nitrogen and oxygen atoms in total. The molecule has 1 N–H and O–H groups in total. The average molecular weight is 503 g/mol. The Kier molecular flexibility index (Phi) is 7.11. The monoisotopic (exact) mass is 502 g/mol. The lowest BCUT2D eigenvalue weighted by molar-refractivity contribution is 0.343. The van der Waals surface area contributed by atoms with Crippen molar-refractivity contribution in [3.63, 3.8) is 0 Å². The summed E-state index contributed by atoms with van der Waals surface area (Å²) in [7, 11) is -6.41. The van der Waals surface area contributed by atoms with Crippen molar-refractivity contribution in [3.05, 3.63) is 72.8 Å². The molecule has 1 heterocycles. The minimum absolute atomic E-state index is 0.0177. The first-order valence-electron chi connectivity index (χ1n) is 10.8. The molecule has 0 atom stereocenters. The zero-order valence-electron chi connectivity index (χ0n) is 18.7. The largest absolute Gasteiger partial charge is 0.495 e. The quantitative estimate of drug-likeness (QED) is 0.488. The number of rotatable bonds is 8. The van der Waals surface area contributed by atoms with Gasteiger partial charge in [0.1, 0.15) is 22.1 Å². The van der Waals surface area contributed by atoms with Crippen LogP contribution in [0.15, 0.2) is 82.6 Å². The Hall–Kier alpha value is -3.08. The van der Waals surface area contributed by atoms with Crippen LogP contribution in [0.5, 0.6) is 17.2 Å². The Morgan fingerprint density at radius 3 is 2.09 bits per heavy atom. The maximum Gasteiger partial charge on any atom is 0.261 e. The van der Waals surface area contributed by atoms with Crippen LogP contribution in [-0.2, 0) is 20.0 Å². The second kappa shape index (κ2) is 10.0. The number of ether oxygens (including phenoxy) is 2. The SMILES string of the molecule is COc1ccc(NS(=O)(=O)c2ccc(Oc3ccccc3)cc2)cc1S(=O)(=O)N1CCCCC1. The fourth-order valence-electron chi connectivity index (χ4n) is 3.71. The van der Waals surface area contributed by atoms with E-state index < -0.39 is 20.0 Å². The van der Waals surface area contributed by atoms with Gasteiger partial charge in [0.05, 0.1) is 17.7 Å². The first-order chi connectivity index (χ1) is 16.3. The van der Waals surface area contributed by atoms with E-state index >= 15 is 0 Å². The zero-order valence-corrected chi connectivity index (χ0v) is 20.3. The third-order valence-electron chi connectivity index (χ3n) is 5.46. The van der Waals surface area contributed by atoms with Gasteiger partial charge in [0.2, 0.25) is 10.0 Å². The number of hydrogen-bond donors (Lipinski definition) is 1. The molecule has 0 aliphatic carbocycles. The second-order valence-corrected chi connectivity index (χ2v) is 11.4. The molecule has 180 valence electrons. The summed E-state index contributed by atoms with van der Waals surface area (Å²) in [5.41, 5.74) is 0.126. The molecule has 1 aliphatic rings. The van der Waals surface area contributed by atoms with Gasteiger partial charge in [-0.1, -0.05) is 24.6 Å². The van der Waals surface area contributed by atoms with Crippen LogP contribution in [0.4, 0.5) is 5.69 Å². The Morgan fingerprint density at radius 1 is 0.794 bits per heavy atom. The summed E-state index contributed by atoms with van der Waals surface area (Å²) in [5, 5.41) is 0. The molecule has 0 amide bonds. The summed E-state index contributed by atoms with van der Waals surface area (Å²) < 4.78 is 67.1. The number of benzene rings is 3. The molecular formula is C24H26N2O6S2. The number of anilines is 1. The molecule has 0 spiro atoms. The number of hydrogen-bond acceptors (Lipinski definition) is 6. The van der Waals surface area contributed by atoms with Crippen molar-refractivity contribution in [1.29, 1.82) is 0 Å². The van der Waals surface area contributed by atoms with Crippen LogP contribution in [0.2, 0.25) is 0 Å². The van der Waals surface area contributed by atoms with E-state index in [1.54, 1.807) is 24.3 Å². The molecule has 1 aliphatic heterocycles. The van der Waals surface area contributed by atoms with Crippen molar-refractivity contribution < 1.29 is 26.3 Å². The lowest BCUT2D eigenvalue weighted by Gasteiger charge is -2.26. The summed E-state index contributed by atoms with van der Waals surface area (Å²) in [5.74, 6) is 1.29. The molecule has 1 saturated heterocycles. The molecule has 3 aromatic rings. The third kappa shape index (κ3) is 5.35. The van der Waals surface area contributed by atoms with Gasteiger partial charge in [-0.25, -0.2) is 16.8 Å². The van der Waals surface area contributed by atoms with Crippen molar-refractivity contribution in [2.45, 2.75) is 29.1 Å². The number of nitrogens with zero attached hydrogens (tertiary/aromatic N) is 1. The van der Waals surface area contributed by atoms with Crippen LogP contribution in [0, 0.1) is 0 Å². The van der Waals surface area contributed by atoms with Gasteiger partial charge < -0.3 is 9.47 Å². The van der Waals surface area contributed by atoms with Gasteiger partial charge in [0.25, 0.3) is 10.0 Å². The van der Waals surface area contributed by atoms with Gasteiger partial charge in [-0.05, 0) is 67.4 Å². The Bertz CT molecular complexity index is 1340. The molecule has 0 unspecified atom stereocenters. The van der Waals surface area contributed by atoms with E-state index in [9.17, 15) is 16.8 Å². The topological polar surface area (TPSA) is 102 Å². The summed E-state index contributed by atoms with van der Waals surface area (Å²) in [6, 6.07) is 19.3. The molecule has 0 aromatic heterocycles. The van der Waals surface area contributed by atoms with E-state index in [2.05, 4.69) is 4.72 Å². The highest BCUT2D eigenvalue weighted by atomic mass is 32.2. The first-order valence-corrected chi connectivity index (χ1v) is 13.8. The van der Waals surface area contributed by atoms with E-state index in [-0.39, 0.29) is 21.2 Å². The van der Waals surface area contributed by atoms with Crippen LogP contribution >= 0.6 is 0 Å². The van der Waals surface area contributed by atoms with Gasteiger partial charge in [-0.3, -0.25) is 4.72 Å². The molecule has 1 fully saturated rings. The number of nitrogens with one attached hydrogen (secondary N) is 1. The van der Waals surface area contributed by atoms with Crippen LogP contribution in [0.25, 0.3) is 0 Å². The molecule has 0 saturated carbocycles. The molecule has 3 aromatic carbocycles. The van der Waals surface area contributed by atoms with Crippen LogP contribution in [-0.4, -0.2) is 41.3 Å². The van der Waals surface area contributed by atoms with Crippen molar-refractivity contribution in [1.82, 2.24) is 4.31 Å². The highest BCUT2D eigenvalue weighted by Crippen LogP contribution is 2.32. The first kappa shape index (κ1) is 24.1. The van der Waals surface area contributed by atoms with E-state index in [0.717, 1.165) is 19.3 Å². The standard InChI is InChI=1S/C24H26N2O6S2/c1-31-23-15-10-19(18-24(23)34(29,30)26-16-6-3-7-17-26)25-33(27,28)22-13-11-21(12-14-22)32-20-8-4-2-5-9-20/h2,4-5,8-15,18,25H,3,6-7,16-17H2,1H3. The Labute approximate surface area is 200 Å². The number of methoxy groups -OCH3 is 1. The minimum atomic E-state index is -3.96. The van der Waals surface area contributed by atoms with Gasteiger partial charge >= 0.3 is 0 Å². The lowest BCUT2D eigenvalue weighted by Crippen LogP contribution is -2.35. The van der Waals surface area contributed by atoms with Crippen molar-refractivity contribution in [2.24, 2.45) is 0 Å². The Balaban J connectivity index is 1.56. The number of piperidine rings is 1. The van der Waals surface area contributed by atoms with Crippen molar-refractivity contribution >= 4 is 25.7 Å². The Morgan fingerprint density at radius 2 is 1.44 bits per heavy atom. The number of para-hydroxylation sites is 1. The molecule has 0 bridgehead atoms. The van der Waals surface area contributed by atoms with Gasteiger partial charge in [-0.2, -0.15) is 4.31 Å². The zero-order chi connectivity index (χ0) is 24.2. The highest BCUT2D eigenvalue weighted by molar-refractivity contribution is 7.92. The predicted molar refractivity (Wildman–Crippen MR) is 129 cm³/mol. The van der Waals surface area contributed by atoms with E-state index in [1.165, 1.54) is 41.7 Å². The third-order valence-corrected chi connectivity index (χ3v) is 8.78. The predicted octanol–water partition coefficient (Wildman–Crippen LogP) is 4.46. The van der Waals surface area contributed by atoms with E-state index in [1.807, 2.05) is 18.2 Å². The van der Waals surface area contributed by atoms with Gasteiger partial charge in [0, 0.05) is 13.1 Å². The number of sulfonamides is 2. The summed E-state index contributed by atoms with van der Waals surface area (Å²) in [4.78, 5) is -0.0483. The minimum Gasteiger partial charge on any atom is -0.495 e. The average Bonchev–Trinajstić information content (AvgIpc) is 2.85. The van der Waals surface area contributed by atoms with E-state index in [4.69, 9.17) is 9.47 Å². The molecule has 4 rings (SSSR count). The van der Waals surface area contributed by atoms with Gasteiger partial charge in [-0.15, -0.1) is 0 Å². The summed E-state index contributed by atoms with van der Waals surface area (Å²) in [6.45, 7) is 0.859. The van der Waals surface area contributed by atoms with Gasteiger partial charge in [0.15, 0.2) is 0 Å². The summed E-state index contributed by atoms with van der Waals surface area (Å²) in [6.07, 6.45) is 2.56. The van der Waals surface area contributed by atoms with Crippen LogP contribution in [0.1, 0.15) is 19.3 Å². The van der Waals surface area contributed by atoms with Crippen LogP contribution < -0.4 is 14.2 Å². The maximum absolute atomic E-state index is 13.2. The fraction of sp³-hybridized carbons (Fsp3) is 0.250. The molecule has 0 radical (unpaired) electrons. The van der Waals surface area contributed by atoms with E-state index in [0.29, 0.717) is 24.6 Å². The second-order valence-electron chi connectivity index (χ2n) is 7.82. The maximum atomic E-state index is 13.2. The lowest BCUT2D eigenvalue weighted by atomic mass is 10.2. The normalized spacial score (nSPS) is 15.0. The molecular weight excluding hydrogens is 476 g/mol. The highest BCUT2D eigenvalue weighted by Gasteiger charge is 2.29.